The number of alkyl halides is 3. The largest absolute Gasteiger partial charge is 0.417 e. The summed E-state index contributed by atoms with van der Waals surface area (Å²) in [6.07, 6.45) is 1.39. The molecule has 0 amide bonds. The Morgan fingerprint density at radius 3 is 2.67 bits per heavy atom. The zero-order chi connectivity index (χ0) is 13.0. The van der Waals surface area contributed by atoms with Crippen LogP contribution in [0.2, 0.25) is 0 Å². The number of halogens is 3. The molecule has 0 aliphatic rings. The third-order valence-corrected chi connectivity index (χ3v) is 2.13. The molecule has 0 unspecified atom stereocenters. The van der Waals surface area contributed by atoms with Crippen LogP contribution >= 0.6 is 0 Å². The molecule has 0 aliphatic heterocycles. The van der Waals surface area contributed by atoms with Crippen molar-refractivity contribution in [2.45, 2.75) is 12.7 Å². The molecular formula is C12H8F3N3. The van der Waals surface area contributed by atoms with Gasteiger partial charge in [-0.1, -0.05) is 5.92 Å². The Morgan fingerprint density at radius 1 is 1.28 bits per heavy atom. The number of pyridine rings is 1. The second-order valence-corrected chi connectivity index (χ2v) is 3.47. The molecule has 0 fully saturated rings. The number of imidazole rings is 1. The van der Waals surface area contributed by atoms with E-state index < -0.39 is 11.7 Å². The average Bonchev–Trinajstić information content (AvgIpc) is 2.82. The highest BCUT2D eigenvalue weighted by atomic mass is 19.4. The number of hydrogen-bond donors (Lipinski definition) is 0. The second-order valence-electron chi connectivity index (χ2n) is 3.47. The lowest BCUT2D eigenvalue weighted by Crippen LogP contribution is -2.05. The van der Waals surface area contributed by atoms with E-state index >= 15 is 0 Å². The first-order valence-corrected chi connectivity index (χ1v) is 5.03. The normalized spacial score (nSPS) is 10.8. The average molecular weight is 251 g/mol. The molecular weight excluding hydrogens is 243 g/mol. The van der Waals surface area contributed by atoms with Crippen molar-refractivity contribution in [1.29, 1.82) is 0 Å². The van der Waals surface area contributed by atoms with E-state index in [1.165, 1.54) is 6.07 Å². The van der Waals surface area contributed by atoms with E-state index in [-0.39, 0.29) is 0 Å². The van der Waals surface area contributed by atoms with E-state index in [1.54, 1.807) is 23.3 Å². The Bertz CT molecular complexity index is 559. The second kappa shape index (κ2) is 4.92. The Labute approximate surface area is 101 Å². The van der Waals surface area contributed by atoms with E-state index in [9.17, 15) is 13.2 Å². The lowest BCUT2D eigenvalue weighted by molar-refractivity contribution is -0.137. The standard InChI is InChI=1S/C12H8F3N3/c13-12(14,15)10-3-4-11(17-8-10)2-1-6-18-7-5-16-9-18/h3-5,7-9H,6H2. The molecule has 2 rings (SSSR count). The fourth-order valence-electron chi connectivity index (χ4n) is 1.24. The molecule has 0 saturated carbocycles. The molecule has 0 saturated heterocycles. The Morgan fingerprint density at radius 2 is 2.11 bits per heavy atom. The summed E-state index contributed by atoms with van der Waals surface area (Å²) in [5.74, 6) is 5.48. The first kappa shape index (κ1) is 12.2. The number of aromatic nitrogens is 3. The minimum Gasteiger partial charge on any atom is -0.326 e. The predicted octanol–water partition coefficient (Wildman–Crippen LogP) is 2.35. The third kappa shape index (κ3) is 3.10. The van der Waals surface area contributed by atoms with Crippen molar-refractivity contribution in [2.24, 2.45) is 0 Å². The van der Waals surface area contributed by atoms with Gasteiger partial charge in [-0.15, -0.1) is 0 Å². The fraction of sp³-hybridized carbons (Fsp3) is 0.167. The van der Waals surface area contributed by atoms with Gasteiger partial charge in [0.25, 0.3) is 0 Å². The van der Waals surface area contributed by atoms with E-state index in [0.29, 0.717) is 12.2 Å². The summed E-state index contributed by atoms with van der Waals surface area (Å²) >= 11 is 0. The molecule has 0 spiro atoms. The molecule has 92 valence electrons. The Balaban J connectivity index is 2.05. The summed E-state index contributed by atoms with van der Waals surface area (Å²) in [5.41, 5.74) is -0.467. The van der Waals surface area contributed by atoms with Crippen LogP contribution in [0.3, 0.4) is 0 Å². The van der Waals surface area contributed by atoms with E-state index in [0.717, 1.165) is 12.3 Å². The van der Waals surface area contributed by atoms with Gasteiger partial charge in [-0.25, -0.2) is 9.97 Å². The van der Waals surface area contributed by atoms with E-state index in [1.807, 2.05) is 0 Å². The van der Waals surface area contributed by atoms with Crippen LogP contribution in [0.15, 0.2) is 37.1 Å². The molecule has 0 aliphatic carbocycles. The monoisotopic (exact) mass is 251 g/mol. The summed E-state index contributed by atoms with van der Waals surface area (Å²) in [6.45, 7) is 0.419. The van der Waals surface area contributed by atoms with Gasteiger partial charge in [0, 0.05) is 18.6 Å². The minimum absolute atomic E-state index is 0.308. The molecule has 6 heteroatoms. The third-order valence-electron chi connectivity index (χ3n) is 2.13. The van der Waals surface area contributed by atoms with Crippen molar-refractivity contribution in [3.63, 3.8) is 0 Å². The van der Waals surface area contributed by atoms with Crippen LogP contribution in [0.4, 0.5) is 13.2 Å². The van der Waals surface area contributed by atoms with Crippen molar-refractivity contribution in [1.82, 2.24) is 14.5 Å². The topological polar surface area (TPSA) is 30.7 Å². The molecule has 0 bridgehead atoms. The number of hydrogen-bond acceptors (Lipinski definition) is 2. The minimum atomic E-state index is -4.37. The van der Waals surface area contributed by atoms with Crippen molar-refractivity contribution in [2.75, 3.05) is 0 Å². The lowest BCUT2D eigenvalue weighted by Gasteiger charge is -2.04. The van der Waals surface area contributed by atoms with Gasteiger partial charge in [0.15, 0.2) is 0 Å². The summed E-state index contributed by atoms with van der Waals surface area (Å²) in [7, 11) is 0. The van der Waals surface area contributed by atoms with Crippen LogP contribution in [0.1, 0.15) is 11.3 Å². The van der Waals surface area contributed by atoms with Gasteiger partial charge >= 0.3 is 6.18 Å². The molecule has 18 heavy (non-hydrogen) atoms. The molecule has 2 aromatic rings. The van der Waals surface area contributed by atoms with Gasteiger partial charge < -0.3 is 4.57 Å². The number of rotatable bonds is 1. The van der Waals surface area contributed by atoms with Crippen molar-refractivity contribution < 1.29 is 13.2 Å². The van der Waals surface area contributed by atoms with Crippen LogP contribution in [0.25, 0.3) is 0 Å². The van der Waals surface area contributed by atoms with Crippen LogP contribution < -0.4 is 0 Å². The van der Waals surface area contributed by atoms with Gasteiger partial charge in [0.05, 0.1) is 18.4 Å². The highest BCUT2D eigenvalue weighted by Gasteiger charge is 2.30. The Kier molecular flexibility index (Phi) is 3.33. The zero-order valence-electron chi connectivity index (χ0n) is 9.15. The van der Waals surface area contributed by atoms with Gasteiger partial charge in [-0.3, -0.25) is 0 Å². The van der Waals surface area contributed by atoms with Crippen LogP contribution in [-0.2, 0) is 12.7 Å². The van der Waals surface area contributed by atoms with Gasteiger partial charge in [0.2, 0.25) is 0 Å². The predicted molar refractivity (Wildman–Crippen MR) is 58.3 cm³/mol. The first-order chi connectivity index (χ1) is 8.55. The molecule has 0 N–H and O–H groups in total. The summed E-state index contributed by atoms with van der Waals surface area (Å²) in [6, 6.07) is 2.22. The fourth-order valence-corrected chi connectivity index (χ4v) is 1.24. The van der Waals surface area contributed by atoms with Crippen LogP contribution in [0, 0.1) is 11.8 Å². The summed E-state index contributed by atoms with van der Waals surface area (Å²) in [4.78, 5) is 7.49. The van der Waals surface area contributed by atoms with Crippen molar-refractivity contribution in [3.05, 3.63) is 48.3 Å². The maximum absolute atomic E-state index is 12.3. The van der Waals surface area contributed by atoms with Crippen LogP contribution in [-0.4, -0.2) is 14.5 Å². The van der Waals surface area contributed by atoms with E-state index in [4.69, 9.17) is 0 Å². The van der Waals surface area contributed by atoms with E-state index in [2.05, 4.69) is 21.8 Å². The maximum Gasteiger partial charge on any atom is 0.417 e. The quantitative estimate of drug-likeness (QED) is 0.728. The zero-order valence-corrected chi connectivity index (χ0v) is 9.15. The molecule has 0 aromatic carbocycles. The highest BCUT2D eigenvalue weighted by Crippen LogP contribution is 2.28. The molecule has 0 atom stereocenters. The van der Waals surface area contributed by atoms with Gasteiger partial charge in [-0.05, 0) is 18.1 Å². The highest BCUT2D eigenvalue weighted by molar-refractivity contribution is 5.29. The Hall–Kier alpha value is -2.29. The van der Waals surface area contributed by atoms with Gasteiger partial charge in [0.1, 0.15) is 5.69 Å². The molecule has 2 aromatic heterocycles. The van der Waals surface area contributed by atoms with Gasteiger partial charge in [-0.2, -0.15) is 13.2 Å². The van der Waals surface area contributed by atoms with Crippen molar-refractivity contribution in [3.8, 4) is 11.8 Å². The number of nitrogens with zero attached hydrogens (tertiary/aromatic N) is 3. The summed E-state index contributed by atoms with van der Waals surface area (Å²) in [5, 5.41) is 0. The smallest absolute Gasteiger partial charge is 0.326 e. The van der Waals surface area contributed by atoms with Crippen molar-refractivity contribution >= 4 is 0 Å². The maximum atomic E-state index is 12.3. The van der Waals surface area contributed by atoms with Crippen LogP contribution in [0.5, 0.6) is 0 Å². The summed E-state index contributed by atoms with van der Waals surface area (Å²) < 4.78 is 38.6. The molecule has 2 heterocycles. The molecule has 0 radical (unpaired) electrons. The lowest BCUT2D eigenvalue weighted by atomic mass is 10.2. The molecule has 3 nitrogen and oxygen atoms in total. The first-order valence-electron chi connectivity index (χ1n) is 5.03. The SMILES string of the molecule is FC(F)(F)c1ccc(C#CCn2ccnc2)nc1.